The highest BCUT2D eigenvalue weighted by atomic mass is 16.1. The van der Waals surface area contributed by atoms with E-state index in [9.17, 15) is 4.79 Å². The molecule has 0 N–H and O–H groups in total. The molecule has 0 atom stereocenters. The fraction of sp³-hybridized carbons (Fsp3) is 0.778. The van der Waals surface area contributed by atoms with E-state index in [1.165, 1.54) is 0 Å². The molecule has 0 saturated heterocycles. The number of hydrogen-bond acceptors (Lipinski definition) is 2. The van der Waals surface area contributed by atoms with Crippen molar-refractivity contribution in [3.8, 4) is 6.07 Å². The Kier molecular flexibility index (Phi) is 2.28. The minimum Gasteiger partial charge on any atom is -0.300 e. The zero-order valence-corrected chi connectivity index (χ0v) is 6.89. The lowest BCUT2D eigenvalue weighted by atomic mass is 9.67. The number of carbonyl (C=O) groups excluding carboxylic acids is 1. The number of nitrogens with zero attached hydrogens (tertiary/aromatic N) is 1. The molecule has 1 rings (SSSR count). The Hall–Kier alpha value is -0.840. The van der Waals surface area contributed by atoms with E-state index in [1.54, 1.807) is 6.92 Å². The van der Waals surface area contributed by atoms with Gasteiger partial charge in [-0.3, -0.25) is 0 Å². The first kappa shape index (κ1) is 8.26. The normalized spacial score (nSPS) is 20.0. The summed E-state index contributed by atoms with van der Waals surface area (Å²) in [5, 5.41) is 8.79. The molecular weight excluding hydrogens is 138 g/mol. The number of Topliss-reactive ketones (excluding diaryl/α,β-unsaturated/α-hetero) is 1. The average Bonchev–Trinajstić information content (AvgIpc) is 1.86. The summed E-state index contributed by atoms with van der Waals surface area (Å²) in [4.78, 5) is 10.6. The summed E-state index contributed by atoms with van der Waals surface area (Å²) in [6.45, 7) is 1.59. The number of hydrogen-bond donors (Lipinski definition) is 0. The highest BCUT2D eigenvalue weighted by molar-refractivity contribution is 5.75. The molecule has 0 bridgehead atoms. The van der Waals surface area contributed by atoms with E-state index in [2.05, 4.69) is 6.07 Å². The monoisotopic (exact) mass is 151 g/mol. The standard InChI is InChI=1S/C9H13NO/c1-8(11)3-6-9(7-10)4-2-5-9/h2-6H2,1H3. The summed E-state index contributed by atoms with van der Waals surface area (Å²) < 4.78 is 0. The van der Waals surface area contributed by atoms with Gasteiger partial charge in [-0.1, -0.05) is 6.42 Å². The van der Waals surface area contributed by atoms with Gasteiger partial charge in [0.05, 0.1) is 11.5 Å². The molecule has 0 amide bonds. The van der Waals surface area contributed by atoms with Crippen LogP contribution in [-0.2, 0) is 4.79 Å². The predicted molar refractivity (Wildman–Crippen MR) is 41.8 cm³/mol. The molecule has 2 heteroatoms. The zero-order valence-electron chi connectivity index (χ0n) is 6.89. The summed E-state index contributed by atoms with van der Waals surface area (Å²) >= 11 is 0. The van der Waals surface area contributed by atoms with Crippen LogP contribution in [0.2, 0.25) is 0 Å². The third-order valence-electron chi connectivity index (χ3n) is 2.50. The SMILES string of the molecule is CC(=O)CCC1(C#N)CCC1. The lowest BCUT2D eigenvalue weighted by Gasteiger charge is -2.34. The molecule has 0 aromatic rings. The maximum absolute atomic E-state index is 10.6. The molecule has 0 aromatic carbocycles. The van der Waals surface area contributed by atoms with E-state index < -0.39 is 0 Å². The van der Waals surface area contributed by atoms with Crippen molar-refractivity contribution in [2.75, 3.05) is 0 Å². The molecule has 60 valence electrons. The quantitative estimate of drug-likeness (QED) is 0.619. The predicted octanol–water partition coefficient (Wildman–Crippen LogP) is 2.05. The first-order valence-electron chi connectivity index (χ1n) is 4.09. The van der Waals surface area contributed by atoms with Crippen LogP contribution in [0.5, 0.6) is 0 Å². The van der Waals surface area contributed by atoms with Gasteiger partial charge in [-0.05, 0) is 26.2 Å². The van der Waals surface area contributed by atoms with E-state index in [4.69, 9.17) is 5.26 Å². The molecule has 0 unspecified atom stereocenters. The molecule has 11 heavy (non-hydrogen) atoms. The fourth-order valence-corrected chi connectivity index (χ4v) is 1.44. The maximum atomic E-state index is 10.6. The third kappa shape index (κ3) is 1.80. The van der Waals surface area contributed by atoms with Crippen molar-refractivity contribution in [2.24, 2.45) is 5.41 Å². The summed E-state index contributed by atoms with van der Waals surface area (Å²) in [6, 6.07) is 2.32. The summed E-state index contributed by atoms with van der Waals surface area (Å²) in [5.74, 6) is 0.200. The van der Waals surface area contributed by atoms with Crippen LogP contribution in [0.1, 0.15) is 39.0 Å². The minimum atomic E-state index is -0.119. The minimum absolute atomic E-state index is 0.119. The number of ketones is 1. The lowest BCUT2D eigenvalue weighted by molar-refractivity contribution is -0.117. The van der Waals surface area contributed by atoms with Gasteiger partial charge in [-0.25, -0.2) is 0 Å². The maximum Gasteiger partial charge on any atom is 0.129 e. The zero-order chi connectivity index (χ0) is 8.32. The van der Waals surface area contributed by atoms with Gasteiger partial charge < -0.3 is 4.79 Å². The first-order chi connectivity index (χ1) is 5.18. The summed E-state index contributed by atoms with van der Waals surface area (Å²) in [5.41, 5.74) is -0.119. The van der Waals surface area contributed by atoms with Crippen LogP contribution in [0.15, 0.2) is 0 Å². The third-order valence-corrected chi connectivity index (χ3v) is 2.50. The van der Waals surface area contributed by atoms with Crippen LogP contribution in [0.3, 0.4) is 0 Å². The molecule has 2 nitrogen and oxygen atoms in total. The Bertz CT molecular complexity index is 198. The molecule has 1 aliphatic rings. The van der Waals surface area contributed by atoms with Gasteiger partial charge in [0.15, 0.2) is 0 Å². The van der Waals surface area contributed by atoms with Gasteiger partial charge in [-0.15, -0.1) is 0 Å². The lowest BCUT2D eigenvalue weighted by Crippen LogP contribution is -2.27. The molecule has 1 aliphatic carbocycles. The molecule has 0 spiro atoms. The van der Waals surface area contributed by atoms with Crippen LogP contribution < -0.4 is 0 Å². The Morgan fingerprint density at radius 1 is 1.64 bits per heavy atom. The Balaban J connectivity index is 2.35. The highest BCUT2D eigenvalue weighted by Crippen LogP contribution is 2.43. The average molecular weight is 151 g/mol. The smallest absolute Gasteiger partial charge is 0.129 e. The van der Waals surface area contributed by atoms with Crippen molar-refractivity contribution in [3.63, 3.8) is 0 Å². The molecule has 0 heterocycles. The van der Waals surface area contributed by atoms with Crippen molar-refractivity contribution >= 4 is 5.78 Å². The van der Waals surface area contributed by atoms with Gasteiger partial charge in [0, 0.05) is 6.42 Å². The largest absolute Gasteiger partial charge is 0.300 e. The molecular formula is C9H13NO. The second-order valence-corrected chi connectivity index (χ2v) is 3.45. The van der Waals surface area contributed by atoms with E-state index in [1.807, 2.05) is 0 Å². The Morgan fingerprint density at radius 3 is 2.55 bits per heavy atom. The van der Waals surface area contributed by atoms with Gasteiger partial charge in [0.25, 0.3) is 0 Å². The van der Waals surface area contributed by atoms with Gasteiger partial charge in [0.1, 0.15) is 5.78 Å². The van der Waals surface area contributed by atoms with E-state index in [-0.39, 0.29) is 11.2 Å². The molecule has 0 aliphatic heterocycles. The van der Waals surface area contributed by atoms with Gasteiger partial charge >= 0.3 is 0 Å². The van der Waals surface area contributed by atoms with Crippen LogP contribution >= 0.6 is 0 Å². The molecule has 1 saturated carbocycles. The number of rotatable bonds is 3. The first-order valence-corrected chi connectivity index (χ1v) is 4.09. The Labute approximate surface area is 67.2 Å². The number of nitriles is 1. The van der Waals surface area contributed by atoms with Crippen molar-refractivity contribution < 1.29 is 4.79 Å². The van der Waals surface area contributed by atoms with Crippen LogP contribution in [-0.4, -0.2) is 5.78 Å². The second kappa shape index (κ2) is 3.04. The van der Waals surface area contributed by atoms with E-state index in [0.29, 0.717) is 6.42 Å². The Morgan fingerprint density at radius 2 is 2.27 bits per heavy atom. The summed E-state index contributed by atoms with van der Waals surface area (Å²) in [7, 11) is 0. The summed E-state index contributed by atoms with van der Waals surface area (Å²) in [6.07, 6.45) is 4.51. The van der Waals surface area contributed by atoms with Crippen molar-refractivity contribution in [1.29, 1.82) is 5.26 Å². The van der Waals surface area contributed by atoms with Gasteiger partial charge in [0.2, 0.25) is 0 Å². The highest BCUT2D eigenvalue weighted by Gasteiger charge is 2.36. The molecule has 0 radical (unpaired) electrons. The van der Waals surface area contributed by atoms with E-state index >= 15 is 0 Å². The molecule has 1 fully saturated rings. The molecule has 0 aromatic heterocycles. The number of carbonyl (C=O) groups is 1. The van der Waals surface area contributed by atoms with Crippen LogP contribution in [0.4, 0.5) is 0 Å². The van der Waals surface area contributed by atoms with Crippen molar-refractivity contribution in [3.05, 3.63) is 0 Å². The van der Waals surface area contributed by atoms with E-state index in [0.717, 1.165) is 25.7 Å². The second-order valence-electron chi connectivity index (χ2n) is 3.45. The van der Waals surface area contributed by atoms with Crippen molar-refractivity contribution in [1.82, 2.24) is 0 Å². The fourth-order valence-electron chi connectivity index (χ4n) is 1.44. The van der Waals surface area contributed by atoms with Gasteiger partial charge in [-0.2, -0.15) is 5.26 Å². The topological polar surface area (TPSA) is 40.9 Å². The van der Waals surface area contributed by atoms with Crippen LogP contribution in [0, 0.1) is 16.7 Å². The van der Waals surface area contributed by atoms with Crippen LogP contribution in [0.25, 0.3) is 0 Å². The van der Waals surface area contributed by atoms with Crippen molar-refractivity contribution in [2.45, 2.75) is 39.0 Å².